The first-order valence-corrected chi connectivity index (χ1v) is 17.0. The number of ether oxygens (including phenoxy) is 2. The topological polar surface area (TPSA) is 36.3 Å². The van der Waals surface area contributed by atoms with Crippen molar-refractivity contribution in [3.8, 4) is 73.3 Å². The Morgan fingerprint density at radius 1 is 0.400 bits per heavy atom. The average Bonchev–Trinajstić information content (AvgIpc) is 3.62. The second-order valence-corrected chi connectivity index (χ2v) is 13.1. The van der Waals surface area contributed by atoms with E-state index >= 15 is 0 Å². The third-order valence-electron chi connectivity index (χ3n) is 10.6. The maximum atomic E-state index is 6.92. The zero-order valence-corrected chi connectivity index (χ0v) is 26.9. The van der Waals surface area contributed by atoms with Crippen LogP contribution in [0.4, 0.5) is 0 Å². The molecular formula is C46H28N2O2. The summed E-state index contributed by atoms with van der Waals surface area (Å²) < 4.78 is 15.7. The van der Waals surface area contributed by atoms with Gasteiger partial charge in [0.1, 0.15) is 11.5 Å². The maximum Gasteiger partial charge on any atom is 0.224 e. The largest absolute Gasteiger partial charge is 0.457 e. The van der Waals surface area contributed by atoms with Crippen LogP contribution < -0.4 is 9.47 Å². The van der Waals surface area contributed by atoms with Crippen LogP contribution in [0.2, 0.25) is 0 Å². The number of benzene rings is 6. The van der Waals surface area contributed by atoms with Crippen molar-refractivity contribution in [2.24, 2.45) is 0 Å². The van der Waals surface area contributed by atoms with E-state index in [2.05, 4.69) is 150 Å². The van der Waals surface area contributed by atoms with Crippen LogP contribution in [-0.2, 0) is 5.41 Å². The molecule has 0 N–H and O–H groups in total. The summed E-state index contributed by atoms with van der Waals surface area (Å²) in [4.78, 5) is 4.85. The van der Waals surface area contributed by atoms with E-state index in [9.17, 15) is 0 Å². The van der Waals surface area contributed by atoms with E-state index in [0.717, 1.165) is 45.2 Å². The lowest BCUT2D eigenvalue weighted by atomic mass is 9.62. The number of pyridine rings is 1. The highest BCUT2D eigenvalue weighted by Crippen LogP contribution is 2.62. The molecule has 0 unspecified atom stereocenters. The third-order valence-corrected chi connectivity index (χ3v) is 10.6. The fourth-order valence-corrected chi connectivity index (χ4v) is 8.59. The van der Waals surface area contributed by atoms with Gasteiger partial charge in [0.2, 0.25) is 5.88 Å². The smallest absolute Gasteiger partial charge is 0.224 e. The molecule has 0 saturated carbocycles. The van der Waals surface area contributed by atoms with E-state index < -0.39 is 5.41 Å². The molecule has 8 aromatic rings. The third kappa shape index (κ3) is 3.57. The predicted octanol–water partition coefficient (Wildman–Crippen LogP) is 11.4. The van der Waals surface area contributed by atoms with Crippen LogP contribution >= 0.6 is 0 Å². The lowest BCUT2D eigenvalue weighted by molar-refractivity contribution is 0.388. The molecule has 0 amide bonds. The van der Waals surface area contributed by atoms with E-state index in [1.54, 1.807) is 0 Å². The highest BCUT2D eigenvalue weighted by Gasteiger charge is 2.51. The number of rotatable bonds is 1. The summed E-state index contributed by atoms with van der Waals surface area (Å²) in [5.74, 6) is 3.03. The molecular weight excluding hydrogens is 613 g/mol. The summed E-state index contributed by atoms with van der Waals surface area (Å²) >= 11 is 0. The molecule has 4 heterocycles. The van der Waals surface area contributed by atoms with Gasteiger partial charge in [-0.15, -0.1) is 0 Å². The quantitative estimate of drug-likeness (QED) is 0.179. The van der Waals surface area contributed by atoms with Gasteiger partial charge in [0.25, 0.3) is 0 Å². The normalized spacial score (nSPS) is 13.7. The molecule has 4 heteroatoms. The first kappa shape index (κ1) is 27.3. The molecule has 0 radical (unpaired) electrons. The van der Waals surface area contributed by atoms with E-state index in [1.165, 1.54) is 44.5 Å². The lowest BCUT2D eigenvalue weighted by Gasteiger charge is -2.44. The monoisotopic (exact) mass is 640 g/mol. The van der Waals surface area contributed by atoms with Gasteiger partial charge in [-0.25, -0.2) is 4.98 Å². The van der Waals surface area contributed by atoms with Crippen LogP contribution in [0.25, 0.3) is 50.2 Å². The van der Waals surface area contributed by atoms with Crippen molar-refractivity contribution in [3.05, 3.63) is 193 Å². The number of hydrogen-bond donors (Lipinski definition) is 0. The molecule has 11 rings (SSSR count). The molecule has 4 nitrogen and oxygen atoms in total. The Morgan fingerprint density at radius 3 is 1.42 bits per heavy atom. The van der Waals surface area contributed by atoms with E-state index in [0.29, 0.717) is 5.88 Å². The number of fused-ring (bicyclic) bond motifs is 16. The summed E-state index contributed by atoms with van der Waals surface area (Å²) in [6, 6.07) is 53.6. The van der Waals surface area contributed by atoms with E-state index in [-0.39, 0.29) is 0 Å². The summed E-state index contributed by atoms with van der Waals surface area (Å²) in [5.41, 5.74) is 14.1. The minimum atomic E-state index is -0.707. The first-order valence-electron chi connectivity index (χ1n) is 17.0. The molecule has 3 aliphatic rings. The highest BCUT2D eigenvalue weighted by molar-refractivity contribution is 6.03. The summed E-state index contributed by atoms with van der Waals surface area (Å²) in [6.45, 7) is 0. The van der Waals surface area contributed by atoms with Gasteiger partial charge < -0.3 is 14.0 Å². The standard InChI is InChI=1S/C46H28N2O2/c1-2-14-30-29(13-1)31-15-3-5-17-33(31)35-27-48(28-36(35)34-18-6-4-16-32(30)34)41-23-11-21-39-44(41)50-45-40(22-12-26-47-45)46(39)37-19-7-9-24-42(37)49-43-25-10-8-20-38(43)46/h1-28H. The predicted molar refractivity (Wildman–Crippen MR) is 197 cm³/mol. The second kappa shape index (κ2) is 10.2. The molecule has 2 aromatic heterocycles. The van der Waals surface area contributed by atoms with Crippen molar-refractivity contribution in [3.63, 3.8) is 0 Å². The second-order valence-electron chi connectivity index (χ2n) is 13.1. The Morgan fingerprint density at radius 2 is 0.860 bits per heavy atom. The Hall–Kier alpha value is -6.65. The fourth-order valence-electron chi connectivity index (χ4n) is 8.59. The Labute approximate surface area is 289 Å². The van der Waals surface area contributed by atoms with Crippen molar-refractivity contribution in [2.75, 3.05) is 0 Å². The van der Waals surface area contributed by atoms with Crippen LogP contribution in [0.15, 0.2) is 170 Å². The van der Waals surface area contributed by atoms with Gasteiger partial charge in [0, 0.05) is 52.0 Å². The lowest BCUT2D eigenvalue weighted by Crippen LogP contribution is -2.37. The molecule has 50 heavy (non-hydrogen) atoms. The molecule has 0 fully saturated rings. The Bertz CT molecular complexity index is 2540. The maximum absolute atomic E-state index is 6.92. The summed E-state index contributed by atoms with van der Waals surface area (Å²) in [7, 11) is 0. The molecule has 1 aliphatic carbocycles. The molecule has 234 valence electrons. The SMILES string of the molecule is c1ccc2c(c1)Oc1ccccc1C21c2cccnc2Oc2c(-n3cc4c(c3)-c3ccccc3-c3ccccc3-c3ccccc3-4)cccc21. The van der Waals surface area contributed by atoms with Crippen molar-refractivity contribution < 1.29 is 9.47 Å². The average molecular weight is 641 g/mol. The van der Waals surface area contributed by atoms with Gasteiger partial charge in [-0.05, 0) is 57.6 Å². The Balaban J connectivity index is 1.22. The van der Waals surface area contributed by atoms with Crippen LogP contribution in [0.3, 0.4) is 0 Å². The van der Waals surface area contributed by atoms with Gasteiger partial charge in [0.15, 0.2) is 5.75 Å². The van der Waals surface area contributed by atoms with Gasteiger partial charge in [-0.3, -0.25) is 0 Å². The summed E-state index contributed by atoms with van der Waals surface area (Å²) in [6.07, 6.45) is 6.35. The zero-order chi connectivity index (χ0) is 32.8. The zero-order valence-electron chi connectivity index (χ0n) is 26.9. The van der Waals surface area contributed by atoms with Crippen molar-refractivity contribution in [1.29, 1.82) is 0 Å². The first-order chi connectivity index (χ1) is 24.8. The van der Waals surface area contributed by atoms with Crippen LogP contribution in [0.1, 0.15) is 22.3 Å². The number of para-hydroxylation sites is 3. The fraction of sp³-hybridized carbons (Fsp3) is 0.0217. The van der Waals surface area contributed by atoms with Crippen LogP contribution in [0, 0.1) is 0 Å². The molecule has 0 saturated heterocycles. The van der Waals surface area contributed by atoms with Gasteiger partial charge in [-0.2, -0.15) is 0 Å². The van der Waals surface area contributed by atoms with Gasteiger partial charge in [-0.1, -0.05) is 127 Å². The molecule has 0 atom stereocenters. The van der Waals surface area contributed by atoms with Crippen LogP contribution in [-0.4, -0.2) is 9.55 Å². The number of hydrogen-bond acceptors (Lipinski definition) is 3. The Kier molecular flexibility index (Phi) is 5.56. The molecule has 6 aromatic carbocycles. The number of nitrogens with zero attached hydrogens (tertiary/aromatic N) is 2. The minimum Gasteiger partial charge on any atom is -0.457 e. The van der Waals surface area contributed by atoms with Crippen LogP contribution in [0.5, 0.6) is 23.1 Å². The van der Waals surface area contributed by atoms with Crippen molar-refractivity contribution in [2.45, 2.75) is 5.41 Å². The minimum absolute atomic E-state index is 0.593. The molecule has 2 aliphatic heterocycles. The van der Waals surface area contributed by atoms with E-state index in [4.69, 9.17) is 14.5 Å². The number of aromatic nitrogens is 2. The summed E-state index contributed by atoms with van der Waals surface area (Å²) in [5, 5.41) is 0. The van der Waals surface area contributed by atoms with Gasteiger partial charge >= 0.3 is 0 Å². The van der Waals surface area contributed by atoms with E-state index in [1.807, 2.05) is 24.4 Å². The molecule has 1 spiro atoms. The van der Waals surface area contributed by atoms with Crippen molar-refractivity contribution in [1.82, 2.24) is 9.55 Å². The van der Waals surface area contributed by atoms with Gasteiger partial charge in [0.05, 0.1) is 11.1 Å². The molecule has 0 bridgehead atoms. The highest BCUT2D eigenvalue weighted by atomic mass is 16.5. The van der Waals surface area contributed by atoms with Crippen molar-refractivity contribution >= 4 is 0 Å².